The first-order chi connectivity index (χ1) is 10.4. The van der Waals surface area contributed by atoms with Gasteiger partial charge in [-0.15, -0.1) is 0 Å². The fourth-order valence-corrected chi connectivity index (χ4v) is 1.73. The Balaban J connectivity index is 2.53. The smallest absolute Gasteiger partial charge is 0.292 e. The van der Waals surface area contributed by atoms with Gasteiger partial charge < -0.3 is 22.1 Å². The van der Waals surface area contributed by atoms with E-state index in [0.717, 1.165) is 0 Å². The molecule has 0 aromatic carbocycles. The first kappa shape index (κ1) is 17.3. The molecule has 122 valence electrons. The van der Waals surface area contributed by atoms with E-state index in [4.69, 9.17) is 11.5 Å². The molecule has 1 heterocycles. The standard InChI is InChI=1S/C13H23N7O2/c1-4-16-8-9(7-14)12(21)18-6-5-17-10-11(15)19(2)20(3)13(10)22/h7-8,17H,4-6,14-15H2,1-3H3,(H,18,21). The Morgan fingerprint density at radius 1 is 1.32 bits per heavy atom. The van der Waals surface area contributed by atoms with E-state index in [0.29, 0.717) is 31.1 Å². The summed E-state index contributed by atoms with van der Waals surface area (Å²) in [6.45, 7) is 3.10. The van der Waals surface area contributed by atoms with Gasteiger partial charge in [0.1, 0.15) is 11.5 Å². The molecule has 6 N–H and O–H groups in total. The maximum atomic E-state index is 11.9. The Morgan fingerprint density at radius 3 is 2.50 bits per heavy atom. The van der Waals surface area contributed by atoms with Crippen LogP contribution >= 0.6 is 0 Å². The van der Waals surface area contributed by atoms with Gasteiger partial charge in [0.25, 0.3) is 11.5 Å². The highest BCUT2D eigenvalue weighted by Gasteiger charge is 2.12. The van der Waals surface area contributed by atoms with Crippen LogP contribution < -0.4 is 27.7 Å². The van der Waals surface area contributed by atoms with E-state index < -0.39 is 0 Å². The zero-order valence-electron chi connectivity index (χ0n) is 13.1. The van der Waals surface area contributed by atoms with Crippen molar-refractivity contribution in [3.63, 3.8) is 0 Å². The largest absolute Gasteiger partial charge is 0.404 e. The molecule has 1 rings (SSSR count). The van der Waals surface area contributed by atoms with Gasteiger partial charge in [-0.25, -0.2) is 0 Å². The van der Waals surface area contributed by atoms with Gasteiger partial charge >= 0.3 is 0 Å². The molecule has 9 nitrogen and oxygen atoms in total. The number of nitrogens with zero attached hydrogens (tertiary/aromatic N) is 3. The summed E-state index contributed by atoms with van der Waals surface area (Å²) in [6.07, 6.45) is 2.63. The molecule has 0 aliphatic carbocycles. The number of aromatic nitrogens is 2. The summed E-state index contributed by atoms with van der Waals surface area (Å²) in [5.41, 5.74) is 11.6. The van der Waals surface area contributed by atoms with Crippen LogP contribution in [0.1, 0.15) is 6.92 Å². The van der Waals surface area contributed by atoms with Crippen LogP contribution in [0.2, 0.25) is 0 Å². The number of aliphatic imine (C=N–C) groups is 1. The molecule has 0 unspecified atom stereocenters. The van der Waals surface area contributed by atoms with Crippen LogP contribution in [0.4, 0.5) is 11.5 Å². The zero-order chi connectivity index (χ0) is 16.7. The number of nitrogens with two attached hydrogens (primary N) is 2. The summed E-state index contributed by atoms with van der Waals surface area (Å²) in [7, 11) is 3.31. The van der Waals surface area contributed by atoms with Crippen LogP contribution in [0.5, 0.6) is 0 Å². The highest BCUT2D eigenvalue weighted by molar-refractivity contribution is 6.12. The fraction of sp³-hybridized carbons (Fsp3) is 0.462. The predicted octanol–water partition coefficient (Wildman–Crippen LogP) is -1.23. The Bertz CT molecular complexity index is 640. The van der Waals surface area contributed by atoms with Gasteiger partial charge in [0.05, 0.1) is 5.57 Å². The highest BCUT2D eigenvalue weighted by Crippen LogP contribution is 2.11. The zero-order valence-corrected chi connectivity index (χ0v) is 13.1. The molecule has 1 aromatic rings. The Morgan fingerprint density at radius 2 is 2.00 bits per heavy atom. The Kier molecular flexibility index (Phi) is 6.24. The van der Waals surface area contributed by atoms with Crippen molar-refractivity contribution in [3.05, 3.63) is 22.1 Å². The number of hydrogen-bond acceptors (Lipinski definition) is 6. The number of amides is 1. The van der Waals surface area contributed by atoms with Crippen molar-refractivity contribution in [1.29, 1.82) is 0 Å². The lowest BCUT2D eigenvalue weighted by Crippen LogP contribution is -2.31. The second-order valence-corrected chi connectivity index (χ2v) is 4.55. The van der Waals surface area contributed by atoms with Gasteiger partial charge in [0.15, 0.2) is 0 Å². The molecule has 0 bridgehead atoms. The number of rotatable bonds is 7. The van der Waals surface area contributed by atoms with Crippen molar-refractivity contribution in [2.24, 2.45) is 24.8 Å². The van der Waals surface area contributed by atoms with Crippen LogP contribution in [-0.2, 0) is 18.9 Å². The average molecular weight is 309 g/mol. The third-order valence-electron chi connectivity index (χ3n) is 3.13. The molecule has 0 atom stereocenters. The third kappa shape index (κ3) is 3.90. The molecule has 1 aromatic heterocycles. The molecule has 0 radical (unpaired) electrons. The van der Waals surface area contributed by atoms with Crippen LogP contribution in [0.15, 0.2) is 21.6 Å². The number of anilines is 2. The van der Waals surface area contributed by atoms with Gasteiger partial charge in [-0.1, -0.05) is 0 Å². The molecule has 0 saturated heterocycles. The maximum absolute atomic E-state index is 11.9. The molecular formula is C13H23N7O2. The van der Waals surface area contributed by atoms with E-state index in [1.807, 2.05) is 6.92 Å². The minimum atomic E-state index is -0.324. The molecule has 0 saturated carbocycles. The van der Waals surface area contributed by atoms with Gasteiger partial charge in [0.2, 0.25) is 0 Å². The van der Waals surface area contributed by atoms with Gasteiger partial charge in [-0.3, -0.25) is 23.9 Å². The number of carbonyl (C=O) groups is 1. The van der Waals surface area contributed by atoms with Gasteiger partial charge in [0, 0.05) is 46.1 Å². The lowest BCUT2D eigenvalue weighted by atomic mass is 10.3. The second kappa shape index (κ2) is 7.91. The number of hydrogen-bond donors (Lipinski definition) is 4. The molecule has 22 heavy (non-hydrogen) atoms. The summed E-state index contributed by atoms with van der Waals surface area (Å²) < 4.78 is 2.94. The maximum Gasteiger partial charge on any atom is 0.292 e. The van der Waals surface area contributed by atoms with Crippen molar-refractivity contribution < 1.29 is 4.79 Å². The SMILES string of the molecule is CCN=CC(=CN)C(=O)NCCNc1c(N)n(C)n(C)c1=O. The minimum absolute atomic E-state index is 0.219. The van der Waals surface area contributed by atoms with E-state index in [-0.39, 0.29) is 17.0 Å². The van der Waals surface area contributed by atoms with Gasteiger partial charge in [-0.2, -0.15) is 0 Å². The molecule has 0 aliphatic heterocycles. The summed E-state index contributed by atoms with van der Waals surface area (Å²) >= 11 is 0. The summed E-state index contributed by atoms with van der Waals surface area (Å²) in [5, 5.41) is 5.60. The van der Waals surface area contributed by atoms with Crippen molar-refractivity contribution in [1.82, 2.24) is 14.7 Å². The van der Waals surface area contributed by atoms with E-state index in [2.05, 4.69) is 15.6 Å². The monoisotopic (exact) mass is 309 g/mol. The Hall–Kier alpha value is -2.71. The van der Waals surface area contributed by atoms with E-state index in [1.165, 1.54) is 17.1 Å². The quantitative estimate of drug-likeness (QED) is 0.284. The molecule has 0 spiro atoms. The lowest BCUT2D eigenvalue weighted by Gasteiger charge is -2.07. The fourth-order valence-electron chi connectivity index (χ4n) is 1.73. The number of carbonyl (C=O) groups excluding carboxylic acids is 1. The first-order valence-corrected chi connectivity index (χ1v) is 6.89. The van der Waals surface area contributed by atoms with E-state index in [9.17, 15) is 9.59 Å². The first-order valence-electron chi connectivity index (χ1n) is 6.89. The second-order valence-electron chi connectivity index (χ2n) is 4.55. The highest BCUT2D eigenvalue weighted by atomic mass is 16.2. The minimum Gasteiger partial charge on any atom is -0.404 e. The summed E-state index contributed by atoms with van der Waals surface area (Å²) in [5.74, 6) is 0.0203. The van der Waals surface area contributed by atoms with Gasteiger partial charge in [-0.05, 0) is 6.92 Å². The summed E-state index contributed by atoms with van der Waals surface area (Å²) in [4.78, 5) is 27.7. The molecule has 0 fully saturated rings. The van der Waals surface area contributed by atoms with E-state index in [1.54, 1.807) is 18.8 Å². The van der Waals surface area contributed by atoms with Crippen LogP contribution in [0.25, 0.3) is 0 Å². The van der Waals surface area contributed by atoms with Crippen molar-refractivity contribution >= 4 is 23.6 Å². The van der Waals surface area contributed by atoms with Crippen LogP contribution in [0, 0.1) is 0 Å². The van der Waals surface area contributed by atoms with Crippen LogP contribution in [-0.4, -0.2) is 41.1 Å². The van der Waals surface area contributed by atoms with E-state index >= 15 is 0 Å². The Labute approximate surface area is 128 Å². The summed E-state index contributed by atoms with van der Waals surface area (Å²) in [6, 6.07) is 0. The average Bonchev–Trinajstić information content (AvgIpc) is 2.69. The number of nitrogens with one attached hydrogen (secondary N) is 2. The number of nitrogen functional groups attached to an aromatic ring is 1. The third-order valence-corrected chi connectivity index (χ3v) is 3.13. The lowest BCUT2D eigenvalue weighted by molar-refractivity contribution is -0.116. The normalized spacial score (nSPS) is 11.9. The molecule has 0 aliphatic rings. The predicted molar refractivity (Wildman–Crippen MR) is 87.9 cm³/mol. The van der Waals surface area contributed by atoms with Crippen molar-refractivity contribution in [2.45, 2.75) is 6.92 Å². The molecule has 1 amide bonds. The topological polar surface area (TPSA) is 132 Å². The molecular weight excluding hydrogens is 286 g/mol. The van der Waals surface area contributed by atoms with Crippen molar-refractivity contribution in [2.75, 3.05) is 30.7 Å². The van der Waals surface area contributed by atoms with Crippen molar-refractivity contribution in [3.8, 4) is 0 Å². The molecule has 9 heteroatoms. The van der Waals surface area contributed by atoms with Crippen LogP contribution in [0.3, 0.4) is 0 Å².